The van der Waals surface area contributed by atoms with E-state index in [9.17, 15) is 4.79 Å². The molecule has 0 bridgehead atoms. The Kier molecular flexibility index (Phi) is 4.57. The van der Waals surface area contributed by atoms with Crippen LogP contribution in [0.15, 0.2) is 33.5 Å². The minimum atomic E-state index is 0.0389. The third-order valence-corrected chi connectivity index (χ3v) is 5.81. The highest BCUT2D eigenvalue weighted by Gasteiger charge is 2.30. The molecular formula is C19H22N8OS. The lowest BCUT2D eigenvalue weighted by molar-refractivity contribution is -0.117. The number of aromatic nitrogens is 6. The molecular weight excluding hydrogens is 388 g/mol. The van der Waals surface area contributed by atoms with Crippen molar-refractivity contribution in [2.75, 3.05) is 5.32 Å². The summed E-state index contributed by atoms with van der Waals surface area (Å²) in [7, 11) is 0. The van der Waals surface area contributed by atoms with Crippen LogP contribution in [0.1, 0.15) is 38.9 Å². The van der Waals surface area contributed by atoms with Gasteiger partial charge in [0.2, 0.25) is 5.91 Å². The number of anilines is 1. The molecule has 1 N–H and O–H groups in total. The number of amides is 1. The van der Waals surface area contributed by atoms with E-state index in [0.717, 1.165) is 48.2 Å². The van der Waals surface area contributed by atoms with Crippen molar-refractivity contribution >= 4 is 34.8 Å². The van der Waals surface area contributed by atoms with Crippen molar-refractivity contribution in [2.24, 2.45) is 10.9 Å². The van der Waals surface area contributed by atoms with Gasteiger partial charge in [-0.05, 0) is 57.0 Å². The number of rotatable bonds is 5. The van der Waals surface area contributed by atoms with Gasteiger partial charge in [-0.15, -0.1) is 10.2 Å². The Balaban J connectivity index is 1.36. The summed E-state index contributed by atoms with van der Waals surface area (Å²) in [5.41, 5.74) is 1.87. The number of imidazole rings is 1. The molecule has 1 amide bonds. The molecule has 0 unspecified atom stereocenters. The smallest absolute Gasteiger partial charge is 0.228 e. The lowest BCUT2D eigenvalue weighted by Crippen LogP contribution is -2.22. The summed E-state index contributed by atoms with van der Waals surface area (Å²) in [5.74, 6) is 1.70. The second kappa shape index (κ2) is 7.25. The van der Waals surface area contributed by atoms with Gasteiger partial charge in [-0.1, -0.05) is 0 Å². The predicted octanol–water partition coefficient (Wildman–Crippen LogP) is 2.62. The lowest BCUT2D eigenvalue weighted by Gasteiger charge is -2.17. The van der Waals surface area contributed by atoms with Crippen LogP contribution >= 0.6 is 11.8 Å². The number of carbonyl (C=O) groups is 1. The number of carbonyl (C=O) groups excluding carboxylic acids is 1. The van der Waals surface area contributed by atoms with E-state index < -0.39 is 0 Å². The molecule has 1 fully saturated rings. The van der Waals surface area contributed by atoms with Crippen molar-refractivity contribution < 1.29 is 4.79 Å². The van der Waals surface area contributed by atoms with Crippen LogP contribution in [0, 0.1) is 5.92 Å². The number of aliphatic imine (C=N–C) groups is 1. The first-order chi connectivity index (χ1) is 14.0. The molecule has 0 aromatic carbocycles. The van der Waals surface area contributed by atoms with E-state index >= 15 is 0 Å². The summed E-state index contributed by atoms with van der Waals surface area (Å²) >= 11 is 1.47. The molecule has 0 saturated heterocycles. The van der Waals surface area contributed by atoms with Gasteiger partial charge in [-0.3, -0.25) is 14.4 Å². The highest BCUT2D eigenvalue weighted by atomic mass is 32.2. The summed E-state index contributed by atoms with van der Waals surface area (Å²) in [5, 5.41) is 17.8. The van der Waals surface area contributed by atoms with Gasteiger partial charge in [0.05, 0.1) is 12.7 Å². The minimum Gasteiger partial charge on any atom is -0.309 e. The van der Waals surface area contributed by atoms with Crippen LogP contribution in [0.5, 0.6) is 0 Å². The molecule has 1 saturated carbocycles. The number of fused-ring (bicyclic) bond motifs is 2. The van der Waals surface area contributed by atoms with Gasteiger partial charge in [0.25, 0.3) is 0 Å². The molecule has 0 spiro atoms. The fourth-order valence-electron chi connectivity index (χ4n) is 3.37. The maximum atomic E-state index is 11.9. The largest absolute Gasteiger partial charge is 0.309 e. The monoisotopic (exact) mass is 410 g/mol. The normalized spacial score (nSPS) is 17.8. The van der Waals surface area contributed by atoms with E-state index in [2.05, 4.69) is 44.0 Å². The van der Waals surface area contributed by atoms with Crippen LogP contribution < -0.4 is 5.32 Å². The van der Waals surface area contributed by atoms with Crippen molar-refractivity contribution in [2.45, 2.75) is 62.3 Å². The van der Waals surface area contributed by atoms with Crippen molar-refractivity contribution in [1.82, 2.24) is 29.4 Å². The number of aryl methyl sites for hydroxylation is 1. The average molecular weight is 411 g/mol. The molecule has 29 heavy (non-hydrogen) atoms. The first kappa shape index (κ1) is 18.3. The van der Waals surface area contributed by atoms with Crippen LogP contribution in [0.25, 0.3) is 5.65 Å². The molecule has 0 atom stereocenters. The molecule has 3 aromatic heterocycles. The minimum absolute atomic E-state index is 0.0389. The van der Waals surface area contributed by atoms with E-state index in [4.69, 9.17) is 4.99 Å². The first-order valence-electron chi connectivity index (χ1n) is 9.88. The zero-order chi connectivity index (χ0) is 20.0. The van der Waals surface area contributed by atoms with Gasteiger partial charge in [-0.25, -0.2) is 9.50 Å². The Bertz CT molecular complexity index is 1110. The molecule has 1 aliphatic heterocycles. The first-order valence-corrected chi connectivity index (χ1v) is 10.7. The third-order valence-electron chi connectivity index (χ3n) is 4.90. The molecule has 4 heterocycles. The fraction of sp³-hybridized carbons (Fsp3) is 0.474. The molecule has 9 nitrogen and oxygen atoms in total. The zero-order valence-corrected chi connectivity index (χ0v) is 17.2. The highest BCUT2D eigenvalue weighted by molar-refractivity contribution is 7.99. The van der Waals surface area contributed by atoms with Gasteiger partial charge < -0.3 is 5.32 Å². The molecule has 10 heteroatoms. The molecule has 150 valence electrons. The second-order valence-corrected chi connectivity index (χ2v) is 8.73. The third kappa shape index (κ3) is 3.89. The van der Waals surface area contributed by atoms with E-state index in [1.165, 1.54) is 17.5 Å². The molecule has 1 aliphatic carbocycles. The van der Waals surface area contributed by atoms with Crippen molar-refractivity contribution in [3.63, 3.8) is 0 Å². The Hall–Kier alpha value is -2.75. The number of hydrogen-bond donors (Lipinski definition) is 1. The summed E-state index contributed by atoms with van der Waals surface area (Å²) in [4.78, 5) is 21.1. The van der Waals surface area contributed by atoms with Crippen molar-refractivity contribution in [3.8, 4) is 0 Å². The van der Waals surface area contributed by atoms with Crippen LogP contribution in [0.2, 0.25) is 0 Å². The van der Waals surface area contributed by atoms with Crippen LogP contribution in [-0.2, 0) is 17.8 Å². The SMILES string of the molecule is CC(C)N=C1CCc2nnc(Sc3ccc4nc(NC(=O)C5CC5)cn4n3)n2C1. The fourth-order valence-corrected chi connectivity index (χ4v) is 4.19. The van der Waals surface area contributed by atoms with E-state index in [0.29, 0.717) is 17.5 Å². The predicted molar refractivity (Wildman–Crippen MR) is 109 cm³/mol. The lowest BCUT2D eigenvalue weighted by atomic mass is 10.1. The van der Waals surface area contributed by atoms with Gasteiger partial charge in [0, 0.05) is 24.1 Å². The summed E-state index contributed by atoms with van der Waals surface area (Å²) in [6.07, 6.45) is 5.47. The standard InChI is InChI=1S/C19H22N8OS/c1-11(2)20-13-5-6-16-23-24-19(26(16)9-13)29-17-8-7-15-21-14(10-27(15)25-17)22-18(28)12-3-4-12/h7-8,10-12H,3-6,9H2,1-2H3,(H,22,28). The summed E-state index contributed by atoms with van der Waals surface area (Å²) < 4.78 is 3.81. The molecule has 0 radical (unpaired) electrons. The maximum absolute atomic E-state index is 11.9. The number of nitrogens with one attached hydrogen (secondary N) is 1. The summed E-state index contributed by atoms with van der Waals surface area (Å²) in [6, 6.07) is 4.09. The Labute approximate surface area is 172 Å². The average Bonchev–Trinajstić information content (AvgIpc) is 3.36. The van der Waals surface area contributed by atoms with Crippen LogP contribution in [0.3, 0.4) is 0 Å². The van der Waals surface area contributed by atoms with Gasteiger partial charge in [0.15, 0.2) is 16.6 Å². The van der Waals surface area contributed by atoms with E-state index in [-0.39, 0.29) is 11.8 Å². The maximum Gasteiger partial charge on any atom is 0.228 e. The number of hydrogen-bond acceptors (Lipinski definition) is 7. The van der Waals surface area contributed by atoms with Crippen molar-refractivity contribution in [1.29, 1.82) is 0 Å². The second-order valence-electron chi connectivity index (χ2n) is 7.74. The summed E-state index contributed by atoms with van der Waals surface area (Å²) in [6.45, 7) is 4.92. The van der Waals surface area contributed by atoms with E-state index in [1.807, 2.05) is 12.1 Å². The molecule has 5 rings (SSSR count). The quantitative estimate of drug-likeness (QED) is 0.694. The topological polar surface area (TPSA) is 102 Å². The van der Waals surface area contributed by atoms with E-state index in [1.54, 1.807) is 10.7 Å². The highest BCUT2D eigenvalue weighted by Crippen LogP contribution is 2.30. The van der Waals surface area contributed by atoms with Gasteiger partial charge in [0.1, 0.15) is 10.9 Å². The van der Waals surface area contributed by atoms with Crippen LogP contribution in [0.4, 0.5) is 5.82 Å². The number of nitrogens with zero attached hydrogens (tertiary/aromatic N) is 7. The van der Waals surface area contributed by atoms with Gasteiger partial charge in [-0.2, -0.15) is 5.10 Å². The Morgan fingerprint density at radius 1 is 1.28 bits per heavy atom. The Morgan fingerprint density at radius 3 is 2.93 bits per heavy atom. The van der Waals surface area contributed by atoms with Crippen molar-refractivity contribution in [3.05, 3.63) is 24.2 Å². The van der Waals surface area contributed by atoms with Gasteiger partial charge >= 0.3 is 0 Å². The molecule has 3 aromatic rings. The van der Waals surface area contributed by atoms with Crippen LogP contribution in [-0.4, -0.2) is 47.0 Å². The molecule has 2 aliphatic rings. The zero-order valence-electron chi connectivity index (χ0n) is 16.4. The Morgan fingerprint density at radius 2 is 2.14 bits per heavy atom.